The van der Waals surface area contributed by atoms with E-state index in [1.807, 2.05) is 0 Å². The lowest BCUT2D eigenvalue weighted by Crippen LogP contribution is -2.67. The minimum atomic E-state index is -1.75. The Hall–Kier alpha value is -0.930. The third-order valence-corrected chi connectivity index (χ3v) is 4.38. The Morgan fingerprint density at radius 2 is 1.54 bits per heavy atom. The van der Waals surface area contributed by atoms with Gasteiger partial charge >= 0.3 is 0 Å². The lowest BCUT2D eigenvalue weighted by atomic mass is 9.95. The van der Waals surface area contributed by atoms with Gasteiger partial charge in [-0.3, -0.25) is 4.79 Å². The largest absolute Gasteiger partial charge is 0.394 e. The smallest absolute Gasteiger partial charge is 0.217 e. The van der Waals surface area contributed by atoms with Gasteiger partial charge in [0.25, 0.3) is 0 Å². The molecule has 0 aromatic carbocycles. The maximum atomic E-state index is 11.4. The second kappa shape index (κ2) is 8.84. The molecule has 0 spiro atoms. The van der Waals surface area contributed by atoms with E-state index in [1.165, 1.54) is 0 Å². The van der Waals surface area contributed by atoms with Crippen LogP contribution in [0.4, 0.5) is 0 Å². The standard InChI is InChI=1S/C14H25NO11/c1-4(18)15-7-9(20)8(19)5(2-16)25-14(7)26-12-6(3-17)24-13(23)11(22)10(12)21/h5-14,16-17,19-23H,2-3H2,1H3,(H,15,18)/t5?,6?,7?,8-,9?,10?,11?,12+,13-,14-/m1/s1. The first kappa shape index (κ1) is 21.4. The predicted octanol–water partition coefficient (Wildman–Crippen LogP) is -5.25. The quantitative estimate of drug-likeness (QED) is 0.226. The first-order valence-electron chi connectivity index (χ1n) is 8.06. The maximum absolute atomic E-state index is 11.4. The van der Waals surface area contributed by atoms with Crippen molar-refractivity contribution in [3.63, 3.8) is 0 Å². The van der Waals surface area contributed by atoms with Crippen molar-refractivity contribution in [2.45, 2.75) is 68.3 Å². The number of nitrogens with one attached hydrogen (secondary N) is 1. The van der Waals surface area contributed by atoms with Gasteiger partial charge in [0.2, 0.25) is 5.91 Å². The molecule has 2 heterocycles. The SMILES string of the molecule is CC(=O)NC1C(O)[C@H](O)C(CO)O[C@@H]1O[C@H]1C(CO)O[C@@H](O)C(O)C1O. The third kappa shape index (κ3) is 4.31. The molecule has 1 amide bonds. The summed E-state index contributed by atoms with van der Waals surface area (Å²) in [6.07, 6.45) is -13.6. The van der Waals surface area contributed by atoms with E-state index in [0.717, 1.165) is 6.92 Å². The molecule has 0 bridgehead atoms. The van der Waals surface area contributed by atoms with E-state index in [1.54, 1.807) is 0 Å². The molecule has 2 saturated heterocycles. The van der Waals surface area contributed by atoms with Crippen molar-refractivity contribution in [3.05, 3.63) is 0 Å². The Labute approximate surface area is 148 Å². The van der Waals surface area contributed by atoms with E-state index < -0.39 is 80.5 Å². The minimum Gasteiger partial charge on any atom is -0.394 e. The summed E-state index contributed by atoms with van der Waals surface area (Å²) in [6, 6.07) is -1.28. The first-order chi connectivity index (χ1) is 12.2. The van der Waals surface area contributed by atoms with Gasteiger partial charge in [-0.1, -0.05) is 0 Å². The fraction of sp³-hybridized carbons (Fsp3) is 0.929. The van der Waals surface area contributed by atoms with E-state index in [0.29, 0.717) is 0 Å². The zero-order valence-corrected chi connectivity index (χ0v) is 14.0. The van der Waals surface area contributed by atoms with Gasteiger partial charge in [-0.05, 0) is 0 Å². The van der Waals surface area contributed by atoms with Crippen molar-refractivity contribution in [3.8, 4) is 0 Å². The number of amides is 1. The fourth-order valence-corrected chi connectivity index (χ4v) is 2.98. The lowest BCUT2D eigenvalue weighted by Gasteiger charge is -2.46. The van der Waals surface area contributed by atoms with Crippen molar-refractivity contribution in [1.82, 2.24) is 5.32 Å². The number of aliphatic hydroxyl groups is 7. The Kier molecular flexibility index (Phi) is 7.27. The van der Waals surface area contributed by atoms with E-state index in [-0.39, 0.29) is 0 Å². The monoisotopic (exact) mass is 383 g/mol. The van der Waals surface area contributed by atoms with Gasteiger partial charge in [-0.25, -0.2) is 0 Å². The summed E-state index contributed by atoms with van der Waals surface area (Å²) in [5, 5.41) is 70.5. The van der Waals surface area contributed by atoms with Crippen LogP contribution in [0.15, 0.2) is 0 Å². The summed E-state index contributed by atoms with van der Waals surface area (Å²) in [7, 11) is 0. The molecule has 12 heteroatoms. The van der Waals surface area contributed by atoms with Crippen LogP contribution < -0.4 is 5.32 Å². The molecule has 0 aromatic rings. The summed E-state index contributed by atoms with van der Waals surface area (Å²) in [5.41, 5.74) is 0. The summed E-state index contributed by atoms with van der Waals surface area (Å²) < 4.78 is 15.8. The van der Waals surface area contributed by atoms with Crippen LogP contribution in [0, 0.1) is 0 Å². The summed E-state index contributed by atoms with van der Waals surface area (Å²) >= 11 is 0. The third-order valence-electron chi connectivity index (χ3n) is 4.38. The van der Waals surface area contributed by atoms with Crippen molar-refractivity contribution in [2.75, 3.05) is 13.2 Å². The van der Waals surface area contributed by atoms with Crippen LogP contribution in [0.2, 0.25) is 0 Å². The average Bonchev–Trinajstić information content (AvgIpc) is 2.60. The summed E-state index contributed by atoms with van der Waals surface area (Å²) in [4.78, 5) is 11.4. The van der Waals surface area contributed by atoms with Crippen LogP contribution >= 0.6 is 0 Å². The molecule has 152 valence electrons. The number of aliphatic hydroxyl groups excluding tert-OH is 7. The van der Waals surface area contributed by atoms with Crippen LogP contribution in [0.25, 0.3) is 0 Å². The van der Waals surface area contributed by atoms with Crippen LogP contribution in [-0.4, -0.2) is 116 Å². The molecule has 8 N–H and O–H groups in total. The molecule has 0 aromatic heterocycles. The van der Waals surface area contributed by atoms with Crippen LogP contribution in [0.5, 0.6) is 0 Å². The van der Waals surface area contributed by atoms with Gasteiger partial charge in [0.05, 0.1) is 13.2 Å². The van der Waals surface area contributed by atoms with Gasteiger partial charge in [-0.2, -0.15) is 0 Å². The first-order valence-corrected chi connectivity index (χ1v) is 8.06. The van der Waals surface area contributed by atoms with Crippen molar-refractivity contribution in [1.29, 1.82) is 0 Å². The van der Waals surface area contributed by atoms with Crippen molar-refractivity contribution in [2.24, 2.45) is 0 Å². The zero-order valence-electron chi connectivity index (χ0n) is 14.0. The molecule has 2 fully saturated rings. The normalized spacial score (nSPS) is 46.8. The minimum absolute atomic E-state index is 0.574. The topological polar surface area (TPSA) is 198 Å². The predicted molar refractivity (Wildman–Crippen MR) is 80.2 cm³/mol. The molecular weight excluding hydrogens is 358 g/mol. The highest BCUT2D eigenvalue weighted by molar-refractivity contribution is 5.73. The molecule has 2 aliphatic rings. The molecule has 10 atom stereocenters. The molecule has 0 aliphatic carbocycles. The second-order valence-electron chi connectivity index (χ2n) is 6.26. The molecule has 12 nitrogen and oxygen atoms in total. The Bertz CT molecular complexity index is 478. The fourth-order valence-electron chi connectivity index (χ4n) is 2.98. The Balaban J connectivity index is 2.22. The highest BCUT2D eigenvalue weighted by atomic mass is 16.7. The van der Waals surface area contributed by atoms with E-state index in [2.05, 4.69) is 5.32 Å². The molecule has 2 aliphatic heterocycles. The van der Waals surface area contributed by atoms with Crippen molar-refractivity contribution < 1.29 is 54.8 Å². The molecule has 0 saturated carbocycles. The van der Waals surface area contributed by atoms with Gasteiger partial charge in [0.15, 0.2) is 12.6 Å². The number of hydrogen-bond acceptors (Lipinski definition) is 11. The number of ether oxygens (including phenoxy) is 3. The highest BCUT2D eigenvalue weighted by Gasteiger charge is 2.50. The number of rotatable bonds is 5. The van der Waals surface area contributed by atoms with Gasteiger partial charge in [-0.15, -0.1) is 0 Å². The number of hydrogen-bond donors (Lipinski definition) is 8. The molecular formula is C14H25NO11. The second-order valence-corrected chi connectivity index (χ2v) is 6.26. The average molecular weight is 383 g/mol. The molecule has 2 rings (SSSR count). The van der Waals surface area contributed by atoms with Crippen LogP contribution in [0.3, 0.4) is 0 Å². The van der Waals surface area contributed by atoms with Crippen LogP contribution in [-0.2, 0) is 19.0 Å². The molecule has 6 unspecified atom stereocenters. The van der Waals surface area contributed by atoms with E-state index >= 15 is 0 Å². The number of carbonyl (C=O) groups is 1. The Morgan fingerprint density at radius 1 is 0.923 bits per heavy atom. The number of carbonyl (C=O) groups excluding carboxylic acids is 1. The lowest BCUT2D eigenvalue weighted by molar-refractivity contribution is -0.341. The summed E-state index contributed by atoms with van der Waals surface area (Å²) in [6.45, 7) is -0.194. The van der Waals surface area contributed by atoms with Gasteiger partial charge < -0.3 is 55.3 Å². The van der Waals surface area contributed by atoms with Gasteiger partial charge in [0.1, 0.15) is 48.8 Å². The highest BCUT2D eigenvalue weighted by Crippen LogP contribution is 2.28. The molecule has 0 radical (unpaired) electrons. The van der Waals surface area contributed by atoms with E-state index in [4.69, 9.17) is 14.2 Å². The zero-order chi connectivity index (χ0) is 19.6. The maximum Gasteiger partial charge on any atom is 0.217 e. The Morgan fingerprint density at radius 3 is 2.08 bits per heavy atom. The summed E-state index contributed by atoms with van der Waals surface area (Å²) in [5.74, 6) is -0.574. The van der Waals surface area contributed by atoms with Gasteiger partial charge in [0, 0.05) is 6.92 Å². The van der Waals surface area contributed by atoms with Crippen LogP contribution in [0.1, 0.15) is 6.92 Å². The van der Waals surface area contributed by atoms with Crippen molar-refractivity contribution >= 4 is 5.91 Å². The molecule has 26 heavy (non-hydrogen) atoms. The van der Waals surface area contributed by atoms with E-state index in [9.17, 15) is 40.5 Å².